The molecule has 1 aromatic heterocycles. The molecule has 0 saturated heterocycles. The van der Waals surface area contributed by atoms with Gasteiger partial charge in [0, 0.05) is 18.1 Å². The highest BCUT2D eigenvalue weighted by Crippen LogP contribution is 2.43. The molecule has 2 aliphatic heterocycles. The van der Waals surface area contributed by atoms with Crippen LogP contribution in [0.1, 0.15) is 12.5 Å². The van der Waals surface area contributed by atoms with Gasteiger partial charge in [-0.1, -0.05) is 12.6 Å². The lowest BCUT2D eigenvalue weighted by atomic mass is 10.00. The van der Waals surface area contributed by atoms with Gasteiger partial charge < -0.3 is 23.4 Å². The molecular weight excluding hydrogens is 360 g/mol. The molecule has 28 heavy (non-hydrogen) atoms. The minimum atomic E-state index is -0.168. The monoisotopic (exact) mass is 378 g/mol. The quantitative estimate of drug-likeness (QED) is 0.640. The fraction of sp³-hybridized carbons (Fsp3) is 0.227. The molecule has 0 unspecified atom stereocenters. The largest absolute Gasteiger partial charge is 0.495 e. The topological polar surface area (TPSA) is 67.1 Å². The Morgan fingerprint density at radius 1 is 1.18 bits per heavy atom. The van der Waals surface area contributed by atoms with Crippen LogP contribution in [-0.4, -0.2) is 20.0 Å². The molecule has 0 aliphatic carbocycles. The molecule has 0 N–H and O–H groups in total. The van der Waals surface area contributed by atoms with Crippen LogP contribution in [0.4, 0.5) is 0 Å². The first kappa shape index (κ1) is 16.7. The lowest BCUT2D eigenvalue weighted by Gasteiger charge is -2.11. The molecule has 6 nitrogen and oxygen atoms in total. The Morgan fingerprint density at radius 2 is 2.00 bits per heavy atom. The molecule has 6 heteroatoms. The van der Waals surface area contributed by atoms with E-state index in [0.29, 0.717) is 51.5 Å². The highest BCUT2D eigenvalue weighted by molar-refractivity contribution is 5.90. The van der Waals surface area contributed by atoms with E-state index in [9.17, 15) is 4.79 Å². The first-order chi connectivity index (χ1) is 13.6. The van der Waals surface area contributed by atoms with Gasteiger partial charge in [-0.25, -0.2) is 0 Å². The standard InChI is InChI=1S/C22H18O6/c1-11(2)16-7-13-17(28-16)8-19-20(22(13)24-3)21(23)14(9-25-19)12-4-5-15-18(6-12)27-10-26-15/h4-6,8-9,16H,1,7,10H2,2-3H3/t16-/m1/s1. The van der Waals surface area contributed by atoms with E-state index in [2.05, 4.69) is 6.58 Å². The van der Waals surface area contributed by atoms with Crippen LogP contribution in [-0.2, 0) is 6.42 Å². The van der Waals surface area contributed by atoms with Gasteiger partial charge in [0.25, 0.3) is 0 Å². The number of rotatable bonds is 3. The summed E-state index contributed by atoms with van der Waals surface area (Å²) >= 11 is 0. The van der Waals surface area contributed by atoms with Crippen molar-refractivity contribution in [2.45, 2.75) is 19.4 Å². The van der Waals surface area contributed by atoms with Gasteiger partial charge in [-0.15, -0.1) is 0 Å². The summed E-state index contributed by atoms with van der Waals surface area (Å²) in [5.41, 5.74) is 3.16. The van der Waals surface area contributed by atoms with E-state index in [-0.39, 0.29) is 18.3 Å². The van der Waals surface area contributed by atoms with Gasteiger partial charge in [0.15, 0.2) is 11.5 Å². The second kappa shape index (κ2) is 6.05. The Kier molecular flexibility index (Phi) is 3.62. The Morgan fingerprint density at radius 3 is 2.79 bits per heavy atom. The number of methoxy groups -OCH3 is 1. The highest BCUT2D eigenvalue weighted by atomic mass is 16.7. The normalized spacial score (nSPS) is 16.7. The first-order valence-electron chi connectivity index (χ1n) is 8.94. The van der Waals surface area contributed by atoms with E-state index >= 15 is 0 Å². The first-order valence-corrected chi connectivity index (χ1v) is 8.94. The van der Waals surface area contributed by atoms with E-state index < -0.39 is 0 Å². The summed E-state index contributed by atoms with van der Waals surface area (Å²) in [6, 6.07) is 7.12. The van der Waals surface area contributed by atoms with Crippen molar-refractivity contribution in [3.63, 3.8) is 0 Å². The summed E-state index contributed by atoms with van der Waals surface area (Å²) in [5, 5.41) is 0.405. The van der Waals surface area contributed by atoms with E-state index in [0.717, 1.165) is 11.1 Å². The molecule has 0 fully saturated rings. The van der Waals surface area contributed by atoms with E-state index in [4.69, 9.17) is 23.4 Å². The van der Waals surface area contributed by atoms with Gasteiger partial charge >= 0.3 is 0 Å². The van der Waals surface area contributed by atoms with Crippen LogP contribution in [0.5, 0.6) is 23.0 Å². The maximum absolute atomic E-state index is 13.4. The van der Waals surface area contributed by atoms with Crippen molar-refractivity contribution >= 4 is 11.0 Å². The van der Waals surface area contributed by atoms with Crippen molar-refractivity contribution in [2.24, 2.45) is 0 Å². The van der Waals surface area contributed by atoms with E-state index in [1.54, 1.807) is 25.3 Å². The highest BCUT2D eigenvalue weighted by Gasteiger charge is 2.30. The smallest absolute Gasteiger partial charge is 0.231 e. The fourth-order valence-corrected chi connectivity index (χ4v) is 3.71. The lowest BCUT2D eigenvalue weighted by Crippen LogP contribution is -2.13. The van der Waals surface area contributed by atoms with Crippen molar-refractivity contribution in [3.05, 3.63) is 58.5 Å². The molecule has 0 radical (unpaired) electrons. The summed E-state index contributed by atoms with van der Waals surface area (Å²) in [4.78, 5) is 13.4. The third-order valence-corrected chi connectivity index (χ3v) is 5.18. The zero-order valence-electron chi connectivity index (χ0n) is 15.5. The molecule has 2 aromatic carbocycles. The summed E-state index contributed by atoms with van der Waals surface area (Å²) < 4.78 is 28.2. The van der Waals surface area contributed by atoms with Gasteiger partial charge in [-0.3, -0.25) is 4.79 Å². The molecule has 0 spiro atoms. The maximum atomic E-state index is 13.4. The number of ether oxygens (including phenoxy) is 4. The van der Waals surface area contributed by atoms with Crippen molar-refractivity contribution in [3.8, 4) is 34.1 Å². The molecule has 0 bridgehead atoms. The average Bonchev–Trinajstić information content (AvgIpc) is 3.32. The number of hydrogen-bond acceptors (Lipinski definition) is 6. The second-order valence-corrected chi connectivity index (χ2v) is 6.96. The van der Waals surface area contributed by atoms with E-state index in [1.165, 1.54) is 6.26 Å². The molecule has 1 atom stereocenters. The van der Waals surface area contributed by atoms with Gasteiger partial charge in [-0.2, -0.15) is 0 Å². The van der Waals surface area contributed by atoms with Crippen LogP contribution < -0.4 is 24.4 Å². The molecule has 3 aromatic rings. The minimum absolute atomic E-state index is 0.135. The van der Waals surface area contributed by atoms with Gasteiger partial charge in [0.2, 0.25) is 12.2 Å². The van der Waals surface area contributed by atoms with Crippen molar-refractivity contribution in [2.75, 3.05) is 13.9 Å². The number of hydrogen-bond donors (Lipinski definition) is 0. The minimum Gasteiger partial charge on any atom is -0.495 e. The Balaban J connectivity index is 1.71. The van der Waals surface area contributed by atoms with Crippen LogP contribution in [0.2, 0.25) is 0 Å². The molecule has 2 aliphatic rings. The third kappa shape index (κ3) is 2.37. The number of benzene rings is 2. The van der Waals surface area contributed by atoms with Crippen LogP contribution in [0.15, 0.2) is 51.9 Å². The van der Waals surface area contributed by atoms with Crippen molar-refractivity contribution in [1.82, 2.24) is 0 Å². The Labute approximate surface area is 160 Å². The van der Waals surface area contributed by atoms with Crippen LogP contribution in [0.3, 0.4) is 0 Å². The summed E-state index contributed by atoms with van der Waals surface area (Å²) in [7, 11) is 1.55. The van der Waals surface area contributed by atoms with Crippen molar-refractivity contribution < 1.29 is 23.4 Å². The fourth-order valence-electron chi connectivity index (χ4n) is 3.71. The molecule has 0 saturated carbocycles. The Bertz CT molecular complexity index is 1190. The van der Waals surface area contributed by atoms with Gasteiger partial charge in [0.1, 0.15) is 34.8 Å². The zero-order valence-corrected chi connectivity index (χ0v) is 15.5. The SMILES string of the molecule is C=C(C)[C@H]1Cc2c(cc3occ(-c4ccc5c(c4)OCO5)c(=O)c3c2OC)O1. The van der Waals surface area contributed by atoms with Crippen LogP contribution in [0, 0.1) is 0 Å². The zero-order chi connectivity index (χ0) is 19.4. The average molecular weight is 378 g/mol. The lowest BCUT2D eigenvalue weighted by molar-refractivity contribution is 0.174. The molecule has 3 heterocycles. The van der Waals surface area contributed by atoms with Crippen LogP contribution >= 0.6 is 0 Å². The van der Waals surface area contributed by atoms with E-state index in [1.807, 2.05) is 13.0 Å². The second-order valence-electron chi connectivity index (χ2n) is 6.96. The summed E-state index contributed by atoms with van der Waals surface area (Å²) in [6.07, 6.45) is 1.93. The predicted octanol–water partition coefficient (Wildman–Crippen LogP) is 4.08. The molecular formula is C22H18O6. The van der Waals surface area contributed by atoms with Crippen LogP contribution in [0.25, 0.3) is 22.1 Å². The predicted molar refractivity (Wildman–Crippen MR) is 104 cm³/mol. The number of fused-ring (bicyclic) bond motifs is 3. The molecule has 0 amide bonds. The summed E-state index contributed by atoms with van der Waals surface area (Å²) in [6.45, 7) is 6.07. The van der Waals surface area contributed by atoms with Gasteiger partial charge in [0.05, 0.1) is 12.7 Å². The maximum Gasteiger partial charge on any atom is 0.231 e. The molecule has 142 valence electrons. The Hall–Kier alpha value is -3.41. The molecule has 5 rings (SSSR count). The van der Waals surface area contributed by atoms with Gasteiger partial charge in [-0.05, 0) is 30.2 Å². The summed E-state index contributed by atoms with van der Waals surface area (Å²) in [5.74, 6) is 2.42. The van der Waals surface area contributed by atoms with Crippen molar-refractivity contribution in [1.29, 1.82) is 0 Å². The third-order valence-electron chi connectivity index (χ3n) is 5.18.